The third-order valence-electron chi connectivity index (χ3n) is 4.31. The molecule has 27 heavy (non-hydrogen) atoms. The average molecular weight is 380 g/mol. The van der Waals surface area contributed by atoms with E-state index < -0.39 is 12.3 Å². The Kier molecular flexibility index (Phi) is 6.36. The second-order valence-corrected chi connectivity index (χ2v) is 6.22. The van der Waals surface area contributed by atoms with Crippen LogP contribution in [-0.4, -0.2) is 16.8 Å². The highest BCUT2D eigenvalue weighted by Crippen LogP contribution is 2.36. The molecule has 0 aliphatic heterocycles. The van der Waals surface area contributed by atoms with Crippen molar-refractivity contribution in [2.45, 2.75) is 46.0 Å². The number of nitrogens with two attached hydrogens (primary N) is 1. The maximum absolute atomic E-state index is 12.6. The van der Waals surface area contributed by atoms with Crippen LogP contribution < -0.4 is 10.5 Å². The van der Waals surface area contributed by atoms with Crippen LogP contribution in [0, 0.1) is 6.92 Å². The Morgan fingerprint density at radius 1 is 1.37 bits per heavy atom. The normalized spacial score (nSPS) is 11.4. The highest BCUT2D eigenvalue weighted by Gasteiger charge is 2.31. The van der Waals surface area contributed by atoms with E-state index in [4.69, 9.17) is 5.73 Å². The first-order valence-electron chi connectivity index (χ1n) is 8.68. The van der Waals surface area contributed by atoms with Gasteiger partial charge < -0.3 is 15.0 Å². The lowest BCUT2D eigenvalue weighted by Gasteiger charge is -2.13. The standard InChI is InChI=1S/C20H23F3N2O2/c1-4-6-10-16-18(17(19(24)26)13(3)25(16)11-5-2)14-8-7-9-15(12-14)27-20(21,22)23/h5,7-9,12H,2,4,6,10-11H2,1,3H3,(H2,24,26). The van der Waals surface area contributed by atoms with Gasteiger partial charge in [-0.05, 0) is 37.5 Å². The Labute approximate surface area is 156 Å². The van der Waals surface area contributed by atoms with E-state index in [-0.39, 0.29) is 5.75 Å². The summed E-state index contributed by atoms with van der Waals surface area (Å²) < 4.78 is 43.7. The summed E-state index contributed by atoms with van der Waals surface area (Å²) in [6, 6.07) is 5.62. The molecule has 0 aliphatic rings. The minimum atomic E-state index is -4.79. The second kappa shape index (κ2) is 8.33. The smallest absolute Gasteiger partial charge is 0.406 e. The lowest BCUT2D eigenvalue weighted by Crippen LogP contribution is -2.17. The van der Waals surface area contributed by atoms with Gasteiger partial charge in [0.25, 0.3) is 5.91 Å². The third kappa shape index (κ3) is 4.72. The molecule has 2 N–H and O–H groups in total. The highest BCUT2D eigenvalue weighted by molar-refractivity contribution is 6.02. The number of amides is 1. The van der Waals surface area contributed by atoms with E-state index in [2.05, 4.69) is 11.3 Å². The number of carbonyl (C=O) groups is 1. The Morgan fingerprint density at radius 3 is 2.63 bits per heavy atom. The molecular formula is C20H23F3N2O2. The van der Waals surface area contributed by atoms with Crippen molar-refractivity contribution in [3.8, 4) is 16.9 Å². The Bertz CT molecular complexity index is 838. The maximum Gasteiger partial charge on any atom is 0.573 e. The predicted molar refractivity (Wildman–Crippen MR) is 98.6 cm³/mol. The number of nitrogens with zero attached hydrogens (tertiary/aromatic N) is 1. The fourth-order valence-electron chi connectivity index (χ4n) is 3.24. The molecule has 0 fully saturated rings. The molecule has 0 saturated carbocycles. The summed E-state index contributed by atoms with van der Waals surface area (Å²) in [5, 5.41) is 0. The van der Waals surface area contributed by atoms with E-state index in [1.807, 2.05) is 11.5 Å². The van der Waals surface area contributed by atoms with Crippen molar-refractivity contribution >= 4 is 5.91 Å². The largest absolute Gasteiger partial charge is 0.573 e. The fourth-order valence-corrected chi connectivity index (χ4v) is 3.24. The van der Waals surface area contributed by atoms with E-state index in [0.717, 1.165) is 18.5 Å². The van der Waals surface area contributed by atoms with Gasteiger partial charge in [0.2, 0.25) is 0 Å². The number of unbranched alkanes of at least 4 members (excludes halogenated alkanes) is 1. The monoisotopic (exact) mass is 380 g/mol. The number of allylic oxidation sites excluding steroid dienone is 1. The quantitative estimate of drug-likeness (QED) is 0.656. The van der Waals surface area contributed by atoms with Crippen LogP contribution in [0.15, 0.2) is 36.9 Å². The van der Waals surface area contributed by atoms with E-state index in [0.29, 0.717) is 35.3 Å². The van der Waals surface area contributed by atoms with Crippen LogP contribution in [0.4, 0.5) is 13.2 Å². The number of aromatic nitrogens is 1. The third-order valence-corrected chi connectivity index (χ3v) is 4.31. The summed E-state index contributed by atoms with van der Waals surface area (Å²) in [5.74, 6) is -0.962. The van der Waals surface area contributed by atoms with E-state index in [9.17, 15) is 18.0 Å². The van der Waals surface area contributed by atoms with Crippen molar-refractivity contribution in [1.29, 1.82) is 0 Å². The van der Waals surface area contributed by atoms with Crippen LogP contribution in [0.3, 0.4) is 0 Å². The molecule has 146 valence electrons. The number of halogens is 3. The van der Waals surface area contributed by atoms with Gasteiger partial charge >= 0.3 is 6.36 Å². The molecule has 0 radical (unpaired) electrons. The van der Waals surface area contributed by atoms with Crippen LogP contribution in [0.2, 0.25) is 0 Å². The number of hydrogen-bond donors (Lipinski definition) is 1. The van der Waals surface area contributed by atoms with Gasteiger partial charge in [0.15, 0.2) is 0 Å². The summed E-state index contributed by atoms with van der Waals surface area (Å²) in [6.07, 6.45) is -0.620. The Balaban J connectivity index is 2.70. The van der Waals surface area contributed by atoms with E-state index >= 15 is 0 Å². The number of alkyl halides is 3. The molecule has 0 aliphatic carbocycles. The van der Waals surface area contributed by atoms with Gasteiger partial charge in [0.1, 0.15) is 5.75 Å². The number of primary amides is 1. The number of benzene rings is 1. The number of ether oxygens (including phenoxy) is 1. The SMILES string of the molecule is C=CCn1c(C)c(C(N)=O)c(-c2cccc(OC(F)(F)F)c2)c1CCCC. The molecule has 0 atom stereocenters. The minimum absolute atomic E-state index is 0.312. The first-order chi connectivity index (χ1) is 12.7. The summed E-state index contributed by atoms with van der Waals surface area (Å²) >= 11 is 0. The van der Waals surface area contributed by atoms with Crippen molar-refractivity contribution in [3.63, 3.8) is 0 Å². The van der Waals surface area contributed by atoms with Crippen molar-refractivity contribution in [3.05, 3.63) is 53.9 Å². The van der Waals surface area contributed by atoms with Crippen LogP contribution in [0.25, 0.3) is 11.1 Å². The minimum Gasteiger partial charge on any atom is -0.406 e. The van der Waals surface area contributed by atoms with Crippen molar-refractivity contribution in [2.75, 3.05) is 0 Å². The van der Waals surface area contributed by atoms with Crippen LogP contribution in [0.5, 0.6) is 5.75 Å². The summed E-state index contributed by atoms with van der Waals surface area (Å²) in [7, 11) is 0. The van der Waals surface area contributed by atoms with Gasteiger partial charge in [0.05, 0.1) is 5.56 Å². The molecule has 1 aromatic heterocycles. The lowest BCUT2D eigenvalue weighted by atomic mass is 9.97. The highest BCUT2D eigenvalue weighted by atomic mass is 19.4. The Hall–Kier alpha value is -2.70. The van der Waals surface area contributed by atoms with Crippen LogP contribution in [-0.2, 0) is 13.0 Å². The predicted octanol–water partition coefficient (Wildman–Crippen LogP) is 4.99. The molecule has 0 spiro atoms. The molecule has 7 heteroatoms. The topological polar surface area (TPSA) is 57.2 Å². The van der Waals surface area contributed by atoms with Crippen LogP contribution >= 0.6 is 0 Å². The van der Waals surface area contributed by atoms with Gasteiger partial charge in [-0.15, -0.1) is 19.8 Å². The maximum atomic E-state index is 12.6. The number of carbonyl (C=O) groups excluding carboxylic acids is 1. The van der Waals surface area contributed by atoms with Crippen LogP contribution in [0.1, 0.15) is 41.5 Å². The lowest BCUT2D eigenvalue weighted by molar-refractivity contribution is -0.274. The molecule has 2 aromatic rings. The summed E-state index contributed by atoms with van der Waals surface area (Å²) in [6.45, 7) is 8.04. The molecule has 2 rings (SSSR count). The van der Waals surface area contributed by atoms with E-state index in [1.165, 1.54) is 18.2 Å². The zero-order valence-corrected chi connectivity index (χ0v) is 15.4. The first-order valence-corrected chi connectivity index (χ1v) is 8.68. The zero-order chi connectivity index (χ0) is 20.2. The average Bonchev–Trinajstić information content (AvgIpc) is 2.84. The molecule has 1 aromatic carbocycles. The molecule has 0 bridgehead atoms. The zero-order valence-electron chi connectivity index (χ0n) is 15.4. The van der Waals surface area contributed by atoms with Gasteiger partial charge in [0, 0.05) is 23.5 Å². The first kappa shape index (κ1) is 20.6. The number of hydrogen-bond acceptors (Lipinski definition) is 2. The number of rotatable bonds is 8. The molecule has 0 saturated heterocycles. The molecular weight excluding hydrogens is 357 g/mol. The van der Waals surface area contributed by atoms with Gasteiger partial charge in [-0.2, -0.15) is 0 Å². The van der Waals surface area contributed by atoms with Crippen molar-refractivity contribution in [1.82, 2.24) is 4.57 Å². The molecule has 1 heterocycles. The molecule has 0 unspecified atom stereocenters. The van der Waals surface area contributed by atoms with Gasteiger partial charge in [-0.1, -0.05) is 31.6 Å². The van der Waals surface area contributed by atoms with Gasteiger partial charge in [-0.25, -0.2) is 0 Å². The molecule has 4 nitrogen and oxygen atoms in total. The van der Waals surface area contributed by atoms with Crippen molar-refractivity contribution < 1.29 is 22.7 Å². The van der Waals surface area contributed by atoms with Crippen molar-refractivity contribution in [2.24, 2.45) is 5.73 Å². The summed E-state index contributed by atoms with van der Waals surface area (Å²) in [4.78, 5) is 12.1. The second-order valence-electron chi connectivity index (χ2n) is 6.22. The van der Waals surface area contributed by atoms with E-state index in [1.54, 1.807) is 19.1 Å². The van der Waals surface area contributed by atoms with Gasteiger partial charge in [-0.3, -0.25) is 4.79 Å². The Morgan fingerprint density at radius 2 is 2.07 bits per heavy atom. The molecule has 1 amide bonds. The fraction of sp³-hybridized carbons (Fsp3) is 0.350. The summed E-state index contributed by atoms with van der Waals surface area (Å²) in [5.41, 5.74) is 8.47.